The Bertz CT molecular complexity index is 2230. The zero-order valence-corrected chi connectivity index (χ0v) is 35.1. The van der Waals surface area contributed by atoms with E-state index in [4.69, 9.17) is 33.2 Å². The average molecular weight is 839 g/mol. The van der Waals surface area contributed by atoms with Crippen molar-refractivity contribution in [2.24, 2.45) is 16.7 Å². The molecule has 0 spiro atoms. The summed E-state index contributed by atoms with van der Waals surface area (Å²) in [5.41, 5.74) is -6.53. The number of esters is 6. The van der Waals surface area contributed by atoms with E-state index >= 15 is 0 Å². The number of hydrogen-bond acceptors (Lipinski definition) is 14. The van der Waals surface area contributed by atoms with E-state index in [2.05, 4.69) is 0 Å². The zero-order chi connectivity index (χ0) is 44.1. The molecule has 2 saturated carbocycles. The second kappa shape index (κ2) is 16.2. The van der Waals surface area contributed by atoms with Gasteiger partial charge in [0.25, 0.3) is 0 Å². The van der Waals surface area contributed by atoms with Crippen LogP contribution >= 0.6 is 0 Å². The Kier molecular flexibility index (Phi) is 11.5. The van der Waals surface area contributed by atoms with Crippen molar-refractivity contribution < 1.29 is 67.0 Å². The van der Waals surface area contributed by atoms with E-state index in [-0.39, 0.29) is 41.7 Å². The number of aliphatic hydroxyl groups is 1. The zero-order valence-electron chi connectivity index (χ0n) is 35.1. The molecule has 4 aliphatic rings. The van der Waals surface area contributed by atoms with Crippen LogP contribution in [-0.4, -0.2) is 95.4 Å². The number of benzene rings is 3. The van der Waals surface area contributed by atoms with Crippen LogP contribution in [0.1, 0.15) is 92.4 Å². The lowest BCUT2D eigenvalue weighted by Gasteiger charge is -2.65. The first-order valence-electron chi connectivity index (χ1n) is 20.2. The predicted molar refractivity (Wildman–Crippen MR) is 215 cm³/mol. The van der Waals surface area contributed by atoms with Crippen LogP contribution in [0.3, 0.4) is 0 Å². The first-order chi connectivity index (χ1) is 28.8. The number of hydrogen-bond donors (Lipinski definition) is 1. The molecule has 7 rings (SSSR count). The van der Waals surface area contributed by atoms with Gasteiger partial charge in [0.2, 0.25) is 0 Å². The summed E-state index contributed by atoms with van der Waals surface area (Å²) in [4.78, 5) is 83.3. The van der Waals surface area contributed by atoms with Gasteiger partial charge in [-0.25, -0.2) is 14.4 Å². The van der Waals surface area contributed by atoms with Gasteiger partial charge in [-0.15, -0.1) is 0 Å². The fourth-order valence-corrected chi connectivity index (χ4v) is 10.4. The lowest BCUT2D eigenvalue weighted by atomic mass is 9.49. The molecule has 3 aromatic rings. The molecular weight excluding hydrogens is 789 g/mol. The SMILES string of the molecule is CC(=O)O[C@H]1C[C@]2(C(C)(C)O)C(=C1C)[C@@H](OC(=O)c1ccccc1)[C@H](OC(=O)c1ccccc1)[C@]1(C)[C@@H](OC(C)=O)C[C@H]3OC[C@@]3(OC(C)=O)[C@H]1[C@@H]2OC(=O)c1ccccc1. The summed E-state index contributed by atoms with van der Waals surface area (Å²) in [6.07, 6.45) is -8.57. The second-order valence-electron chi connectivity index (χ2n) is 17.0. The molecule has 3 fully saturated rings. The highest BCUT2D eigenvalue weighted by Crippen LogP contribution is 2.69. The molecule has 14 nitrogen and oxygen atoms in total. The molecule has 1 saturated heterocycles. The van der Waals surface area contributed by atoms with E-state index in [1.165, 1.54) is 58.9 Å². The normalized spacial score (nSPS) is 31.4. The Hall–Kier alpha value is -5.86. The predicted octanol–water partition coefficient (Wildman–Crippen LogP) is 5.74. The molecule has 322 valence electrons. The van der Waals surface area contributed by atoms with E-state index in [9.17, 15) is 33.9 Å². The number of carbonyl (C=O) groups is 6. The fraction of sp³-hybridized carbons (Fsp3) is 0.447. The maximum Gasteiger partial charge on any atom is 0.338 e. The van der Waals surface area contributed by atoms with Crippen molar-refractivity contribution >= 4 is 35.8 Å². The van der Waals surface area contributed by atoms with Gasteiger partial charge in [-0.2, -0.15) is 0 Å². The van der Waals surface area contributed by atoms with E-state index in [0.29, 0.717) is 5.57 Å². The maximum atomic E-state index is 14.7. The number of fused-ring (bicyclic) bond motifs is 4. The average Bonchev–Trinajstić information content (AvgIpc) is 3.47. The molecule has 0 unspecified atom stereocenters. The number of ether oxygens (including phenoxy) is 7. The van der Waals surface area contributed by atoms with Crippen LogP contribution in [0.25, 0.3) is 0 Å². The topological polar surface area (TPSA) is 187 Å². The van der Waals surface area contributed by atoms with Crippen LogP contribution in [0.4, 0.5) is 0 Å². The summed E-state index contributed by atoms with van der Waals surface area (Å²) in [6, 6.07) is 24.2. The Morgan fingerprint density at radius 3 is 1.57 bits per heavy atom. The molecule has 61 heavy (non-hydrogen) atoms. The summed E-state index contributed by atoms with van der Waals surface area (Å²) in [7, 11) is 0. The lowest BCUT2D eigenvalue weighted by molar-refractivity contribution is -0.351. The Morgan fingerprint density at radius 1 is 0.672 bits per heavy atom. The third-order valence-electron chi connectivity index (χ3n) is 13.0. The molecule has 0 bridgehead atoms. The van der Waals surface area contributed by atoms with Gasteiger partial charge in [0, 0.05) is 33.6 Å². The van der Waals surface area contributed by atoms with Crippen molar-refractivity contribution in [1.29, 1.82) is 0 Å². The van der Waals surface area contributed by atoms with Crippen LogP contribution in [0, 0.1) is 16.7 Å². The minimum atomic E-state index is -1.97. The van der Waals surface area contributed by atoms with Gasteiger partial charge in [-0.05, 0) is 68.3 Å². The summed E-state index contributed by atoms with van der Waals surface area (Å²) in [5, 5.41) is 13.0. The highest BCUT2D eigenvalue weighted by atomic mass is 16.6. The van der Waals surface area contributed by atoms with E-state index < -0.39 is 100 Å². The number of carbonyl (C=O) groups excluding carboxylic acids is 6. The van der Waals surface area contributed by atoms with Crippen molar-refractivity contribution in [3.05, 3.63) is 119 Å². The van der Waals surface area contributed by atoms with Gasteiger partial charge < -0.3 is 38.3 Å². The highest BCUT2D eigenvalue weighted by molar-refractivity contribution is 5.91. The van der Waals surface area contributed by atoms with E-state index in [1.54, 1.807) is 80.6 Å². The third-order valence-corrected chi connectivity index (χ3v) is 13.0. The lowest BCUT2D eigenvalue weighted by Crippen LogP contribution is -2.79. The van der Waals surface area contributed by atoms with Gasteiger partial charge in [-0.3, -0.25) is 14.4 Å². The Labute approximate surface area is 353 Å². The molecule has 0 aromatic heterocycles. The molecule has 0 amide bonds. The van der Waals surface area contributed by atoms with Crippen molar-refractivity contribution in [2.75, 3.05) is 6.61 Å². The molecule has 3 aromatic carbocycles. The van der Waals surface area contributed by atoms with Gasteiger partial charge in [0.15, 0.2) is 17.8 Å². The van der Waals surface area contributed by atoms with Gasteiger partial charge in [0.1, 0.15) is 24.4 Å². The van der Waals surface area contributed by atoms with Gasteiger partial charge >= 0.3 is 35.8 Å². The van der Waals surface area contributed by atoms with Crippen molar-refractivity contribution in [2.45, 2.75) is 109 Å². The van der Waals surface area contributed by atoms with Crippen LogP contribution in [-0.2, 0) is 47.5 Å². The van der Waals surface area contributed by atoms with Gasteiger partial charge in [0.05, 0.1) is 45.6 Å². The molecule has 0 radical (unpaired) electrons. The molecule has 3 aliphatic carbocycles. The van der Waals surface area contributed by atoms with Gasteiger partial charge in [-0.1, -0.05) is 61.5 Å². The van der Waals surface area contributed by atoms with Crippen LogP contribution in [0.2, 0.25) is 0 Å². The van der Waals surface area contributed by atoms with Crippen molar-refractivity contribution in [1.82, 2.24) is 0 Å². The quantitative estimate of drug-likeness (QED) is 0.148. The van der Waals surface area contributed by atoms with E-state index in [0.717, 1.165) is 0 Å². The minimum Gasteiger partial charge on any atom is -0.462 e. The number of rotatable bonds is 10. The van der Waals surface area contributed by atoms with Crippen molar-refractivity contribution in [3.63, 3.8) is 0 Å². The third kappa shape index (κ3) is 7.39. The van der Waals surface area contributed by atoms with Crippen LogP contribution in [0.15, 0.2) is 102 Å². The summed E-state index contributed by atoms with van der Waals surface area (Å²) < 4.78 is 44.7. The fourth-order valence-electron chi connectivity index (χ4n) is 10.4. The molecule has 1 N–H and O–H groups in total. The monoisotopic (exact) mass is 838 g/mol. The maximum absolute atomic E-state index is 14.7. The molecule has 10 atom stereocenters. The first kappa shape index (κ1) is 43.2. The molecule has 1 heterocycles. The smallest absolute Gasteiger partial charge is 0.338 e. The highest BCUT2D eigenvalue weighted by Gasteiger charge is 2.81. The van der Waals surface area contributed by atoms with Crippen LogP contribution in [0.5, 0.6) is 0 Å². The molecular formula is C47H50O14. The largest absolute Gasteiger partial charge is 0.462 e. The summed E-state index contributed by atoms with van der Waals surface area (Å²) in [5.74, 6) is -6.04. The Morgan fingerprint density at radius 2 is 1.15 bits per heavy atom. The van der Waals surface area contributed by atoms with E-state index in [1.807, 2.05) is 0 Å². The summed E-state index contributed by atoms with van der Waals surface area (Å²) in [6.45, 7) is 9.67. The van der Waals surface area contributed by atoms with Crippen LogP contribution < -0.4 is 0 Å². The van der Waals surface area contributed by atoms with Crippen molar-refractivity contribution in [3.8, 4) is 0 Å². The summed E-state index contributed by atoms with van der Waals surface area (Å²) >= 11 is 0. The second-order valence-corrected chi connectivity index (χ2v) is 17.0. The standard InChI is InChI=1S/C47H50O14/c1-26-33(56-27(2)48)24-46(44(5,6)54)36(26)37(58-41(51)30-17-11-8-12-18-30)39(59-42(52)31-19-13-9-14-20-31)45(7)34(57-28(3)49)23-35-47(25-55-35,61-29(4)50)38(45)40(46)60-43(53)32-21-15-10-16-22-32/h8-22,33-35,37-40,54H,23-25H2,1-7H3/t33-,34-,35+,37+,38-,39-,40-,45+,46-,47-/m0/s1. The minimum absolute atomic E-state index is 0.0957. The molecule has 14 heteroatoms. The Balaban J connectivity index is 1.62. The first-order valence-corrected chi connectivity index (χ1v) is 20.2. The molecule has 1 aliphatic heterocycles.